The van der Waals surface area contributed by atoms with Crippen molar-refractivity contribution < 1.29 is 0 Å². The molecular weight excluding hydrogens is 132 g/mol. The summed E-state index contributed by atoms with van der Waals surface area (Å²) in [6.45, 7) is 14.1. The predicted octanol–water partition coefficient (Wildman–Crippen LogP) is 3.87. The van der Waals surface area contributed by atoms with Crippen molar-refractivity contribution in [1.82, 2.24) is 0 Å². The van der Waals surface area contributed by atoms with Gasteiger partial charge in [-0.05, 0) is 25.3 Å². The fourth-order valence-electron chi connectivity index (χ4n) is 0.876. The average Bonchev–Trinajstić information content (AvgIpc) is 1.99. The summed E-state index contributed by atoms with van der Waals surface area (Å²) in [5, 5.41) is 0. The zero-order chi connectivity index (χ0) is 8.85. The Kier molecular flexibility index (Phi) is 4.60. The quantitative estimate of drug-likeness (QED) is 0.534. The van der Waals surface area contributed by atoms with Crippen molar-refractivity contribution in [3.05, 3.63) is 36.0 Å². The molecule has 0 fully saturated rings. The Morgan fingerprint density at radius 1 is 1.18 bits per heavy atom. The first-order valence-electron chi connectivity index (χ1n) is 4.16. The average molecular weight is 150 g/mol. The molecule has 0 atom stereocenters. The largest absolute Gasteiger partial charge is 0.0958 e. The molecule has 0 aromatic carbocycles. The van der Waals surface area contributed by atoms with Gasteiger partial charge >= 0.3 is 0 Å². The lowest BCUT2D eigenvalue weighted by Crippen LogP contribution is -1.83. The molecule has 0 aliphatic heterocycles. The highest BCUT2D eigenvalue weighted by atomic mass is 14.0. The van der Waals surface area contributed by atoms with Crippen LogP contribution in [0.15, 0.2) is 36.0 Å². The Morgan fingerprint density at radius 2 is 1.73 bits per heavy atom. The molecule has 0 nitrogen and oxygen atoms in total. The molecule has 0 bridgehead atoms. The van der Waals surface area contributed by atoms with E-state index in [2.05, 4.69) is 33.1 Å². The molecule has 0 unspecified atom stereocenters. The van der Waals surface area contributed by atoms with Crippen LogP contribution in [0.2, 0.25) is 0 Å². The van der Waals surface area contributed by atoms with Gasteiger partial charge in [-0.25, -0.2) is 0 Å². The van der Waals surface area contributed by atoms with Gasteiger partial charge in [0.25, 0.3) is 0 Å². The minimum Gasteiger partial charge on any atom is -0.0958 e. The zero-order valence-corrected chi connectivity index (χ0v) is 7.91. The van der Waals surface area contributed by atoms with E-state index >= 15 is 0 Å². The summed E-state index contributed by atoms with van der Waals surface area (Å²) >= 11 is 0. The molecule has 0 aliphatic carbocycles. The van der Waals surface area contributed by atoms with Crippen LogP contribution >= 0.6 is 0 Å². The highest BCUT2D eigenvalue weighted by Crippen LogP contribution is 2.14. The summed E-state index contributed by atoms with van der Waals surface area (Å²) in [5.41, 5.74) is 3.66. The van der Waals surface area contributed by atoms with Gasteiger partial charge in [-0.3, -0.25) is 0 Å². The van der Waals surface area contributed by atoms with Crippen LogP contribution in [0.1, 0.15) is 33.6 Å². The molecule has 0 spiro atoms. The maximum absolute atomic E-state index is 3.93. The summed E-state index contributed by atoms with van der Waals surface area (Å²) in [6, 6.07) is 0. The summed E-state index contributed by atoms with van der Waals surface area (Å²) in [7, 11) is 0. The normalized spacial score (nSPS) is 11.4. The van der Waals surface area contributed by atoms with Crippen molar-refractivity contribution >= 4 is 0 Å². The second-order valence-corrected chi connectivity index (χ2v) is 2.82. The first-order chi connectivity index (χ1) is 5.11. The fraction of sp³-hybridized carbons (Fsp3) is 0.455. The number of allylic oxidation sites excluding steroid dienone is 4. The van der Waals surface area contributed by atoms with Gasteiger partial charge in [-0.2, -0.15) is 0 Å². The van der Waals surface area contributed by atoms with Crippen molar-refractivity contribution in [3.8, 4) is 0 Å². The molecule has 0 aliphatic rings. The number of hydrogen-bond donors (Lipinski definition) is 0. The smallest absolute Gasteiger partial charge is 0.0305 e. The number of hydrogen-bond acceptors (Lipinski definition) is 0. The highest BCUT2D eigenvalue weighted by molar-refractivity contribution is 5.32. The van der Waals surface area contributed by atoms with Crippen LogP contribution in [0.3, 0.4) is 0 Å². The van der Waals surface area contributed by atoms with Gasteiger partial charge < -0.3 is 0 Å². The SMILES string of the molecule is C=C(/C=C(/CC)C(=C)C)CC. The van der Waals surface area contributed by atoms with Crippen LogP contribution in [0.5, 0.6) is 0 Å². The van der Waals surface area contributed by atoms with Crippen LogP contribution in [0.4, 0.5) is 0 Å². The monoisotopic (exact) mass is 150 g/mol. The Balaban J connectivity index is 4.35. The van der Waals surface area contributed by atoms with Gasteiger partial charge in [0.1, 0.15) is 0 Å². The van der Waals surface area contributed by atoms with Crippen molar-refractivity contribution in [3.63, 3.8) is 0 Å². The molecule has 0 saturated carbocycles. The molecule has 0 rings (SSSR count). The lowest BCUT2D eigenvalue weighted by atomic mass is 10.0. The molecule has 0 radical (unpaired) electrons. The van der Waals surface area contributed by atoms with Gasteiger partial charge in [0.05, 0.1) is 0 Å². The molecule has 0 saturated heterocycles. The molecule has 0 heterocycles. The van der Waals surface area contributed by atoms with Crippen LogP contribution in [-0.4, -0.2) is 0 Å². The van der Waals surface area contributed by atoms with Gasteiger partial charge in [0.15, 0.2) is 0 Å². The summed E-state index contributed by atoms with van der Waals surface area (Å²) in [6.07, 6.45) is 4.22. The van der Waals surface area contributed by atoms with Gasteiger partial charge in [-0.1, -0.05) is 44.2 Å². The van der Waals surface area contributed by atoms with Crippen LogP contribution in [0, 0.1) is 0 Å². The van der Waals surface area contributed by atoms with E-state index in [-0.39, 0.29) is 0 Å². The third-order valence-electron chi connectivity index (χ3n) is 1.76. The van der Waals surface area contributed by atoms with Gasteiger partial charge in [0.2, 0.25) is 0 Å². The summed E-state index contributed by atoms with van der Waals surface area (Å²) in [4.78, 5) is 0. The van der Waals surface area contributed by atoms with Crippen molar-refractivity contribution in [2.24, 2.45) is 0 Å². The van der Waals surface area contributed by atoms with Crippen LogP contribution < -0.4 is 0 Å². The fourth-order valence-corrected chi connectivity index (χ4v) is 0.876. The third-order valence-corrected chi connectivity index (χ3v) is 1.76. The molecule has 11 heavy (non-hydrogen) atoms. The summed E-state index contributed by atoms with van der Waals surface area (Å²) in [5.74, 6) is 0. The van der Waals surface area contributed by atoms with E-state index in [0.717, 1.165) is 18.4 Å². The van der Waals surface area contributed by atoms with Crippen LogP contribution in [0.25, 0.3) is 0 Å². The number of rotatable bonds is 4. The van der Waals surface area contributed by atoms with Crippen molar-refractivity contribution in [2.75, 3.05) is 0 Å². The lowest BCUT2D eigenvalue weighted by Gasteiger charge is -2.03. The second kappa shape index (κ2) is 4.95. The highest BCUT2D eigenvalue weighted by Gasteiger charge is 1.94. The van der Waals surface area contributed by atoms with E-state index in [9.17, 15) is 0 Å². The van der Waals surface area contributed by atoms with E-state index in [1.165, 1.54) is 11.1 Å². The van der Waals surface area contributed by atoms with E-state index < -0.39 is 0 Å². The van der Waals surface area contributed by atoms with Gasteiger partial charge in [0, 0.05) is 0 Å². The maximum Gasteiger partial charge on any atom is -0.0305 e. The Morgan fingerprint density at radius 3 is 2.00 bits per heavy atom. The molecule has 62 valence electrons. The Bertz CT molecular complexity index is 182. The predicted molar refractivity (Wildman–Crippen MR) is 52.6 cm³/mol. The minimum atomic E-state index is 1.02. The minimum absolute atomic E-state index is 1.02. The van der Waals surface area contributed by atoms with Crippen molar-refractivity contribution in [2.45, 2.75) is 33.6 Å². The second-order valence-electron chi connectivity index (χ2n) is 2.82. The Labute approximate surface area is 70.3 Å². The maximum atomic E-state index is 3.93. The van der Waals surface area contributed by atoms with E-state index in [1.807, 2.05) is 6.92 Å². The topological polar surface area (TPSA) is 0 Å². The zero-order valence-electron chi connectivity index (χ0n) is 7.91. The van der Waals surface area contributed by atoms with E-state index in [0.29, 0.717) is 0 Å². The molecular formula is C11H18. The van der Waals surface area contributed by atoms with Gasteiger partial charge in [-0.15, -0.1) is 0 Å². The molecule has 0 heteroatoms. The summed E-state index contributed by atoms with van der Waals surface area (Å²) < 4.78 is 0. The van der Waals surface area contributed by atoms with Crippen LogP contribution in [-0.2, 0) is 0 Å². The first-order valence-corrected chi connectivity index (χ1v) is 4.16. The Hall–Kier alpha value is -0.780. The molecule has 0 N–H and O–H groups in total. The molecule has 0 amide bonds. The lowest BCUT2D eigenvalue weighted by molar-refractivity contribution is 1.08. The standard InChI is InChI=1S/C11H18/c1-6-10(5)8-11(7-2)9(3)4/h8H,3,5-7H2,1-2,4H3/b11-8-. The third kappa shape index (κ3) is 3.82. The molecule has 0 aromatic heterocycles. The van der Waals surface area contributed by atoms with Crippen molar-refractivity contribution in [1.29, 1.82) is 0 Å². The first kappa shape index (κ1) is 10.2. The molecule has 0 aromatic rings. The van der Waals surface area contributed by atoms with E-state index in [1.54, 1.807) is 0 Å². The van der Waals surface area contributed by atoms with E-state index in [4.69, 9.17) is 0 Å².